The van der Waals surface area contributed by atoms with Crippen LogP contribution in [0.2, 0.25) is 0 Å². The van der Waals surface area contributed by atoms with Gasteiger partial charge in [0.25, 0.3) is 0 Å². The minimum Gasteiger partial charge on any atom is -0.468 e. The molecule has 0 aliphatic heterocycles. The monoisotopic (exact) mass is 286 g/mol. The van der Waals surface area contributed by atoms with Gasteiger partial charge in [0.1, 0.15) is 6.54 Å². The van der Waals surface area contributed by atoms with Crippen molar-refractivity contribution in [3.63, 3.8) is 0 Å². The molecule has 1 N–H and O–H groups in total. The van der Waals surface area contributed by atoms with E-state index in [4.69, 9.17) is 4.55 Å². The van der Waals surface area contributed by atoms with Crippen LogP contribution in [0.15, 0.2) is 18.5 Å². The predicted octanol–water partition coefficient (Wildman–Crippen LogP) is 0.396. The third-order valence-electron chi connectivity index (χ3n) is 2.39. The molecule has 104 valence electrons. The third-order valence-corrected chi connectivity index (χ3v) is 3.09. The zero-order chi connectivity index (χ0) is 14.4. The van der Waals surface area contributed by atoms with Crippen LogP contribution in [0, 0.1) is 0 Å². The van der Waals surface area contributed by atoms with Crippen molar-refractivity contribution < 1.29 is 23.1 Å². The van der Waals surface area contributed by atoms with Crippen LogP contribution in [0.5, 0.6) is 0 Å². The third kappa shape index (κ3) is 4.51. The van der Waals surface area contributed by atoms with Crippen LogP contribution in [-0.4, -0.2) is 43.5 Å². The Morgan fingerprint density at radius 2 is 2.21 bits per heavy atom. The molecular formula is C11H14N2O5S. The van der Waals surface area contributed by atoms with Crippen molar-refractivity contribution in [2.24, 2.45) is 0 Å². The Labute approximate surface area is 113 Å². The summed E-state index contributed by atoms with van der Waals surface area (Å²) in [5.74, 6) is -0.842. The van der Waals surface area contributed by atoms with Crippen LogP contribution >= 0.6 is 0 Å². The second kappa shape index (κ2) is 7.07. The number of ether oxygens (including phenoxy) is 1. The highest BCUT2D eigenvalue weighted by atomic mass is 32.2. The van der Waals surface area contributed by atoms with Gasteiger partial charge in [-0.1, -0.05) is 0 Å². The molecule has 8 heteroatoms. The number of rotatable bonds is 6. The minimum absolute atomic E-state index is 0.0321. The van der Waals surface area contributed by atoms with Crippen LogP contribution in [0.4, 0.5) is 0 Å². The van der Waals surface area contributed by atoms with Crippen LogP contribution in [-0.2, 0) is 27.3 Å². The lowest BCUT2D eigenvalue weighted by Gasteiger charge is -2.17. The molecule has 1 aromatic rings. The van der Waals surface area contributed by atoms with E-state index in [2.05, 4.69) is 9.72 Å². The van der Waals surface area contributed by atoms with Gasteiger partial charge < -0.3 is 4.74 Å². The number of pyridine rings is 1. The summed E-state index contributed by atoms with van der Waals surface area (Å²) in [7, 11) is 1.19. The van der Waals surface area contributed by atoms with Crippen LogP contribution in [0.1, 0.15) is 22.8 Å². The van der Waals surface area contributed by atoms with E-state index in [1.807, 2.05) is 0 Å². The molecule has 1 atom stereocenters. The molecule has 0 bridgehead atoms. The van der Waals surface area contributed by atoms with Crippen molar-refractivity contribution >= 4 is 23.0 Å². The van der Waals surface area contributed by atoms with Crippen LogP contribution in [0.25, 0.3) is 0 Å². The minimum atomic E-state index is -2.35. The van der Waals surface area contributed by atoms with Gasteiger partial charge in [-0.15, -0.1) is 0 Å². The van der Waals surface area contributed by atoms with Gasteiger partial charge in [0.2, 0.25) is 11.3 Å². The molecule has 0 aromatic carbocycles. The summed E-state index contributed by atoms with van der Waals surface area (Å²) in [4.78, 5) is 26.4. The van der Waals surface area contributed by atoms with E-state index in [9.17, 15) is 13.8 Å². The van der Waals surface area contributed by atoms with E-state index in [0.29, 0.717) is 11.1 Å². The molecule has 1 aromatic heterocycles. The van der Waals surface area contributed by atoms with Crippen molar-refractivity contribution in [2.45, 2.75) is 13.5 Å². The lowest BCUT2D eigenvalue weighted by molar-refractivity contribution is -0.140. The molecule has 7 nitrogen and oxygen atoms in total. The molecule has 0 radical (unpaired) electrons. The van der Waals surface area contributed by atoms with Crippen LogP contribution in [0.3, 0.4) is 0 Å². The van der Waals surface area contributed by atoms with Gasteiger partial charge in [-0.25, -0.2) is 4.21 Å². The van der Waals surface area contributed by atoms with Gasteiger partial charge in [-0.05, 0) is 18.6 Å². The first kappa shape index (κ1) is 15.4. The van der Waals surface area contributed by atoms with E-state index in [-0.39, 0.29) is 18.9 Å². The molecule has 0 aliphatic rings. The van der Waals surface area contributed by atoms with E-state index in [1.54, 1.807) is 6.07 Å². The molecule has 0 aliphatic carbocycles. The van der Waals surface area contributed by atoms with Crippen molar-refractivity contribution in [3.05, 3.63) is 29.6 Å². The first-order valence-electron chi connectivity index (χ1n) is 5.32. The molecule has 0 saturated carbocycles. The zero-order valence-electron chi connectivity index (χ0n) is 10.5. The number of carbonyl (C=O) groups excluding carboxylic acids is 2. The number of ketones is 1. The van der Waals surface area contributed by atoms with Crippen molar-refractivity contribution in [2.75, 3.05) is 13.7 Å². The first-order valence-corrected chi connectivity index (χ1v) is 6.38. The van der Waals surface area contributed by atoms with Gasteiger partial charge in [0.05, 0.1) is 7.11 Å². The van der Waals surface area contributed by atoms with Crippen molar-refractivity contribution in [1.82, 2.24) is 9.29 Å². The fraction of sp³-hybridized carbons (Fsp3) is 0.364. The Morgan fingerprint density at radius 3 is 2.74 bits per heavy atom. The summed E-state index contributed by atoms with van der Waals surface area (Å²) < 4.78 is 25.7. The fourth-order valence-electron chi connectivity index (χ4n) is 1.44. The van der Waals surface area contributed by atoms with Crippen molar-refractivity contribution in [1.29, 1.82) is 0 Å². The number of nitrogens with zero attached hydrogens (tertiary/aromatic N) is 2. The van der Waals surface area contributed by atoms with Gasteiger partial charge >= 0.3 is 5.97 Å². The van der Waals surface area contributed by atoms with Crippen molar-refractivity contribution in [3.8, 4) is 0 Å². The molecule has 19 heavy (non-hydrogen) atoms. The number of hydrogen-bond acceptors (Lipinski definition) is 5. The first-order chi connectivity index (χ1) is 8.95. The number of esters is 1. The molecule has 1 unspecified atom stereocenters. The maximum atomic E-state index is 11.4. The molecule has 1 heterocycles. The molecule has 0 amide bonds. The number of hydrogen-bond donors (Lipinski definition) is 1. The van der Waals surface area contributed by atoms with Gasteiger partial charge in [0, 0.05) is 24.5 Å². The Morgan fingerprint density at radius 1 is 1.53 bits per heavy atom. The normalized spacial score (nSPS) is 12.2. The number of Topliss-reactive ketones (excluding diaryl/α,β-unsaturated/α-hetero) is 1. The number of carbonyl (C=O) groups is 2. The van der Waals surface area contributed by atoms with Gasteiger partial charge in [-0.2, -0.15) is 4.31 Å². The smallest absolute Gasteiger partial charge is 0.321 e. The van der Waals surface area contributed by atoms with Crippen LogP contribution < -0.4 is 0 Å². The standard InChI is InChI=1S/C11H14N2O5S/c1-8(14)10-5-12-4-3-9(10)6-13(19(16)17)7-11(15)18-2/h3-5H,6-7H2,1-2H3,(H,16,17). The Bertz CT molecular complexity index is 506. The topological polar surface area (TPSA) is 96.8 Å². The summed E-state index contributed by atoms with van der Waals surface area (Å²) >= 11 is -2.35. The summed E-state index contributed by atoms with van der Waals surface area (Å²) in [5, 5.41) is 0. The second-order valence-electron chi connectivity index (χ2n) is 3.69. The van der Waals surface area contributed by atoms with E-state index in [0.717, 1.165) is 4.31 Å². The second-order valence-corrected chi connectivity index (χ2v) is 4.67. The Hall–Kier alpha value is -1.64. The largest absolute Gasteiger partial charge is 0.468 e. The maximum absolute atomic E-state index is 11.4. The highest BCUT2D eigenvalue weighted by Gasteiger charge is 2.19. The Balaban J connectivity index is 2.94. The highest BCUT2D eigenvalue weighted by molar-refractivity contribution is 7.76. The van der Waals surface area contributed by atoms with Gasteiger partial charge in [0.15, 0.2) is 5.78 Å². The summed E-state index contributed by atoms with van der Waals surface area (Å²) in [5.41, 5.74) is 0.872. The molecule has 0 fully saturated rings. The molecular weight excluding hydrogens is 272 g/mol. The fourth-order valence-corrected chi connectivity index (χ4v) is 1.91. The average molecular weight is 286 g/mol. The highest BCUT2D eigenvalue weighted by Crippen LogP contribution is 2.12. The Kier molecular flexibility index (Phi) is 5.74. The summed E-state index contributed by atoms with van der Waals surface area (Å²) in [6, 6.07) is 1.56. The lowest BCUT2D eigenvalue weighted by atomic mass is 10.1. The number of aromatic nitrogens is 1. The quantitative estimate of drug-likeness (QED) is 0.462. The average Bonchev–Trinajstić information content (AvgIpc) is 2.37. The lowest BCUT2D eigenvalue weighted by Crippen LogP contribution is -2.32. The van der Waals surface area contributed by atoms with Gasteiger partial charge in [-0.3, -0.25) is 19.1 Å². The predicted molar refractivity (Wildman–Crippen MR) is 67.4 cm³/mol. The SMILES string of the molecule is COC(=O)CN(Cc1ccncc1C(C)=O)S(=O)O. The molecule has 0 saturated heterocycles. The van der Waals surface area contributed by atoms with E-state index < -0.39 is 17.2 Å². The maximum Gasteiger partial charge on any atom is 0.321 e. The van der Waals surface area contributed by atoms with E-state index in [1.165, 1.54) is 26.4 Å². The summed E-state index contributed by atoms with van der Waals surface area (Å²) in [6.45, 7) is 0.996. The molecule has 0 spiro atoms. The van der Waals surface area contributed by atoms with E-state index >= 15 is 0 Å². The number of methoxy groups -OCH3 is 1. The zero-order valence-corrected chi connectivity index (χ0v) is 11.3. The summed E-state index contributed by atoms with van der Waals surface area (Å²) in [6.07, 6.45) is 2.85. The molecule has 1 rings (SSSR count).